The molecule has 0 spiro atoms. The molecular weight excluding hydrogens is 272 g/mol. The van der Waals surface area contributed by atoms with Crippen LogP contribution in [0.3, 0.4) is 0 Å². The third-order valence-electron chi connectivity index (χ3n) is 3.74. The molecule has 1 aliphatic heterocycles. The number of rotatable bonds is 5. The maximum Gasteiger partial charge on any atom is 0.269 e. The molecule has 1 aromatic rings. The van der Waals surface area contributed by atoms with Gasteiger partial charge in [-0.3, -0.25) is 14.9 Å². The predicted molar refractivity (Wildman–Crippen MR) is 79.9 cm³/mol. The van der Waals surface area contributed by atoms with Crippen molar-refractivity contribution in [3.63, 3.8) is 0 Å². The Balaban J connectivity index is 2.37. The highest BCUT2D eigenvalue weighted by Gasteiger charge is 2.22. The Hall–Kier alpha value is -2.15. The van der Waals surface area contributed by atoms with Gasteiger partial charge in [-0.2, -0.15) is 0 Å². The molecule has 21 heavy (non-hydrogen) atoms. The minimum atomic E-state index is -0.626. The molecule has 1 atom stereocenters. The molecule has 1 aliphatic rings. The summed E-state index contributed by atoms with van der Waals surface area (Å²) in [6, 6.07) is 4.03. The van der Waals surface area contributed by atoms with Crippen LogP contribution in [0, 0.1) is 10.1 Å². The number of non-ortho nitro benzene ring substituents is 1. The van der Waals surface area contributed by atoms with Crippen LogP contribution in [0.25, 0.3) is 0 Å². The highest BCUT2D eigenvalue weighted by atomic mass is 16.6. The number of primary amides is 1. The van der Waals surface area contributed by atoms with Crippen LogP contribution in [0.5, 0.6) is 0 Å². The molecule has 7 heteroatoms. The smallest absolute Gasteiger partial charge is 0.269 e. The number of nitrogens with two attached hydrogens (primary N) is 2. The molecule has 0 radical (unpaired) electrons. The Morgan fingerprint density at radius 2 is 2.00 bits per heavy atom. The first-order valence-corrected chi connectivity index (χ1v) is 7.06. The molecule has 0 aromatic heterocycles. The van der Waals surface area contributed by atoms with Crippen molar-refractivity contribution in [1.29, 1.82) is 0 Å². The Bertz CT molecular complexity index is 541. The van der Waals surface area contributed by atoms with Crippen LogP contribution in [-0.4, -0.2) is 23.9 Å². The normalized spacial score (nSPS) is 16.5. The van der Waals surface area contributed by atoms with Gasteiger partial charge in [-0.15, -0.1) is 0 Å². The third kappa shape index (κ3) is 3.69. The zero-order valence-corrected chi connectivity index (χ0v) is 11.8. The molecule has 4 N–H and O–H groups in total. The maximum atomic E-state index is 11.1. The van der Waals surface area contributed by atoms with Crippen molar-refractivity contribution in [2.24, 2.45) is 11.5 Å². The summed E-state index contributed by atoms with van der Waals surface area (Å²) < 4.78 is 0. The highest BCUT2D eigenvalue weighted by Crippen LogP contribution is 2.32. The largest absolute Gasteiger partial charge is 0.371 e. The van der Waals surface area contributed by atoms with E-state index in [1.54, 1.807) is 6.07 Å². The monoisotopic (exact) mass is 292 g/mol. The summed E-state index contributed by atoms with van der Waals surface area (Å²) in [5.74, 6) is -0.515. The SMILES string of the molecule is NC(=O)CC(N)c1cc([N+](=O)[O-])ccc1N1CCCCC1. The lowest BCUT2D eigenvalue weighted by atomic mass is 9.99. The van der Waals surface area contributed by atoms with E-state index < -0.39 is 16.9 Å². The first kappa shape index (κ1) is 15.2. The molecule has 1 aromatic carbocycles. The Morgan fingerprint density at radius 1 is 1.33 bits per heavy atom. The molecule has 7 nitrogen and oxygen atoms in total. The fraction of sp³-hybridized carbons (Fsp3) is 0.500. The van der Waals surface area contributed by atoms with Crippen LogP contribution < -0.4 is 16.4 Å². The summed E-state index contributed by atoms with van der Waals surface area (Å²) in [7, 11) is 0. The van der Waals surface area contributed by atoms with E-state index in [2.05, 4.69) is 4.90 Å². The second-order valence-electron chi connectivity index (χ2n) is 5.32. The van der Waals surface area contributed by atoms with Gasteiger partial charge >= 0.3 is 0 Å². The first-order valence-electron chi connectivity index (χ1n) is 7.06. The van der Waals surface area contributed by atoms with Crippen molar-refractivity contribution in [3.8, 4) is 0 Å². The van der Waals surface area contributed by atoms with Crippen LogP contribution >= 0.6 is 0 Å². The van der Waals surface area contributed by atoms with Crippen LogP contribution in [0.2, 0.25) is 0 Å². The standard InChI is InChI=1S/C14H20N4O3/c15-12(9-14(16)19)11-8-10(18(20)21)4-5-13(11)17-6-2-1-3-7-17/h4-5,8,12H,1-3,6-7,9,15H2,(H2,16,19). The minimum absolute atomic E-state index is 0.0225. The number of nitro groups is 1. The summed E-state index contributed by atoms with van der Waals surface area (Å²) in [5, 5.41) is 10.9. The molecule has 0 saturated carbocycles. The summed E-state index contributed by atoms with van der Waals surface area (Å²) in [4.78, 5) is 23.7. The molecular formula is C14H20N4O3. The summed E-state index contributed by atoms with van der Waals surface area (Å²) in [6.45, 7) is 1.79. The van der Waals surface area contributed by atoms with Crippen molar-refractivity contribution in [2.75, 3.05) is 18.0 Å². The fourth-order valence-electron chi connectivity index (χ4n) is 2.70. The molecule has 1 heterocycles. The molecule has 1 amide bonds. The maximum absolute atomic E-state index is 11.1. The van der Waals surface area contributed by atoms with E-state index in [4.69, 9.17) is 11.5 Å². The van der Waals surface area contributed by atoms with Crippen LogP contribution in [0.1, 0.15) is 37.3 Å². The molecule has 1 unspecified atom stereocenters. The van der Waals surface area contributed by atoms with Gasteiger partial charge in [-0.1, -0.05) is 0 Å². The van der Waals surface area contributed by atoms with Crippen LogP contribution in [-0.2, 0) is 4.79 Å². The van der Waals surface area contributed by atoms with Crippen molar-refractivity contribution in [1.82, 2.24) is 0 Å². The zero-order valence-electron chi connectivity index (χ0n) is 11.8. The second-order valence-corrected chi connectivity index (χ2v) is 5.32. The van der Waals surface area contributed by atoms with Gasteiger partial charge in [0.1, 0.15) is 0 Å². The van der Waals surface area contributed by atoms with Gasteiger partial charge in [0.25, 0.3) is 5.69 Å². The number of carbonyl (C=O) groups excluding carboxylic acids is 1. The summed E-state index contributed by atoms with van der Waals surface area (Å²) >= 11 is 0. The topological polar surface area (TPSA) is 115 Å². The number of carbonyl (C=O) groups is 1. The van der Waals surface area contributed by atoms with E-state index in [0.29, 0.717) is 5.56 Å². The quantitative estimate of drug-likeness (QED) is 0.629. The number of hydrogen-bond acceptors (Lipinski definition) is 5. The third-order valence-corrected chi connectivity index (χ3v) is 3.74. The number of anilines is 1. The van der Waals surface area contributed by atoms with E-state index in [1.807, 2.05) is 0 Å². The van der Waals surface area contributed by atoms with Crippen molar-refractivity contribution in [3.05, 3.63) is 33.9 Å². The van der Waals surface area contributed by atoms with Crippen molar-refractivity contribution < 1.29 is 9.72 Å². The van der Waals surface area contributed by atoms with Gasteiger partial charge in [0.05, 0.1) is 4.92 Å². The van der Waals surface area contributed by atoms with E-state index in [1.165, 1.54) is 18.6 Å². The van der Waals surface area contributed by atoms with Gasteiger partial charge in [-0.25, -0.2) is 0 Å². The predicted octanol–water partition coefficient (Wildman–Crippen LogP) is 1.46. The Kier molecular flexibility index (Phi) is 4.74. The van der Waals surface area contributed by atoms with Gasteiger partial charge in [0, 0.05) is 43.4 Å². The van der Waals surface area contributed by atoms with Gasteiger partial charge in [-0.05, 0) is 30.9 Å². The molecule has 1 fully saturated rings. The molecule has 114 valence electrons. The van der Waals surface area contributed by atoms with Crippen LogP contribution in [0.15, 0.2) is 18.2 Å². The molecule has 0 aliphatic carbocycles. The van der Waals surface area contributed by atoms with E-state index in [-0.39, 0.29) is 12.1 Å². The summed E-state index contributed by atoms with van der Waals surface area (Å²) in [6.07, 6.45) is 3.33. The lowest BCUT2D eigenvalue weighted by Crippen LogP contribution is -2.31. The summed E-state index contributed by atoms with van der Waals surface area (Å²) in [5.41, 5.74) is 12.7. The lowest BCUT2D eigenvalue weighted by molar-refractivity contribution is -0.384. The van der Waals surface area contributed by atoms with Gasteiger partial charge in [0.15, 0.2) is 0 Å². The fourth-order valence-corrected chi connectivity index (χ4v) is 2.70. The van der Waals surface area contributed by atoms with E-state index >= 15 is 0 Å². The van der Waals surface area contributed by atoms with Crippen molar-refractivity contribution >= 4 is 17.3 Å². The van der Waals surface area contributed by atoms with Crippen LogP contribution in [0.4, 0.5) is 11.4 Å². The van der Waals surface area contributed by atoms with E-state index in [0.717, 1.165) is 31.6 Å². The number of nitrogens with zero attached hydrogens (tertiary/aromatic N) is 2. The van der Waals surface area contributed by atoms with E-state index in [9.17, 15) is 14.9 Å². The Morgan fingerprint density at radius 3 is 2.57 bits per heavy atom. The number of nitro benzene ring substituents is 1. The van der Waals surface area contributed by atoms with Gasteiger partial charge < -0.3 is 16.4 Å². The molecule has 0 bridgehead atoms. The van der Waals surface area contributed by atoms with Crippen molar-refractivity contribution in [2.45, 2.75) is 31.7 Å². The van der Waals surface area contributed by atoms with Gasteiger partial charge in [0.2, 0.25) is 5.91 Å². The number of piperidine rings is 1. The average Bonchev–Trinajstić information content (AvgIpc) is 2.46. The minimum Gasteiger partial charge on any atom is -0.371 e. The first-order chi connectivity index (χ1) is 9.99. The molecule has 1 saturated heterocycles. The number of amides is 1. The highest BCUT2D eigenvalue weighted by molar-refractivity contribution is 5.75. The molecule has 2 rings (SSSR count). The zero-order chi connectivity index (χ0) is 15.4. The lowest BCUT2D eigenvalue weighted by Gasteiger charge is -2.31. The Labute approximate surface area is 123 Å². The average molecular weight is 292 g/mol. The number of hydrogen-bond donors (Lipinski definition) is 2. The number of benzene rings is 1. The second kappa shape index (κ2) is 6.53.